The maximum atomic E-state index is 13.0. The van der Waals surface area contributed by atoms with Gasteiger partial charge in [0.1, 0.15) is 11.3 Å². The number of hydrogen-bond donors (Lipinski definition) is 0. The van der Waals surface area contributed by atoms with Crippen LogP contribution in [0.1, 0.15) is 17.3 Å². The van der Waals surface area contributed by atoms with Crippen LogP contribution in [0.15, 0.2) is 36.5 Å². The fraction of sp³-hybridized carbons (Fsp3) is 0.368. The summed E-state index contributed by atoms with van der Waals surface area (Å²) >= 11 is 0. The molecule has 1 aliphatic rings. The summed E-state index contributed by atoms with van der Waals surface area (Å²) in [5, 5.41) is 8.00. The first-order chi connectivity index (χ1) is 13.1. The van der Waals surface area contributed by atoms with Crippen molar-refractivity contribution in [3.63, 3.8) is 0 Å². The number of hydrogen-bond acceptors (Lipinski definition) is 6. The van der Waals surface area contributed by atoms with Gasteiger partial charge in [0.05, 0.1) is 18.4 Å². The fourth-order valence-corrected chi connectivity index (χ4v) is 3.58. The van der Waals surface area contributed by atoms with Crippen LogP contribution in [-0.4, -0.2) is 63.6 Å². The maximum Gasteiger partial charge on any atom is 0.255 e. The highest BCUT2D eigenvalue weighted by Crippen LogP contribution is 2.29. The lowest BCUT2D eigenvalue weighted by Gasteiger charge is -2.41. The van der Waals surface area contributed by atoms with Gasteiger partial charge < -0.3 is 14.5 Å². The largest absolute Gasteiger partial charge is 0.495 e. The van der Waals surface area contributed by atoms with Crippen molar-refractivity contribution in [3.8, 4) is 5.75 Å². The Balaban J connectivity index is 1.52. The second-order valence-electron chi connectivity index (χ2n) is 6.75. The third kappa shape index (κ3) is 3.07. The van der Waals surface area contributed by atoms with E-state index < -0.39 is 0 Å². The predicted octanol–water partition coefficient (Wildman–Crippen LogP) is 1.72. The molecule has 0 unspecified atom stereocenters. The summed E-state index contributed by atoms with van der Waals surface area (Å²) in [4.78, 5) is 21.5. The van der Waals surface area contributed by atoms with Gasteiger partial charge in [0.15, 0.2) is 5.65 Å². The van der Waals surface area contributed by atoms with Crippen molar-refractivity contribution in [1.29, 1.82) is 0 Å². The molecule has 1 aliphatic heterocycles. The monoisotopic (exact) mass is 366 g/mol. The molecule has 140 valence electrons. The number of pyridine rings is 1. The number of anilines is 1. The van der Waals surface area contributed by atoms with E-state index in [2.05, 4.69) is 33.2 Å². The topological polar surface area (TPSA) is 76.4 Å². The Morgan fingerprint density at radius 3 is 2.85 bits per heavy atom. The number of para-hydroxylation sites is 2. The second-order valence-corrected chi connectivity index (χ2v) is 6.75. The van der Waals surface area contributed by atoms with Crippen molar-refractivity contribution in [2.24, 2.45) is 7.05 Å². The highest BCUT2D eigenvalue weighted by Gasteiger charge is 2.29. The minimum absolute atomic E-state index is 0.0257. The lowest BCUT2D eigenvalue weighted by Crippen LogP contribution is -2.54. The number of aromatic nitrogens is 4. The standard InChI is InChI=1S/C19H22N6O2/c1-13-12-24(16-6-4-5-7-17(16)27-3)8-9-25(13)19(26)14-10-15-18(20-11-14)23(2)22-21-15/h4-7,10-11,13H,8-9,12H2,1-3H3/t13-/m0/s1. The van der Waals surface area contributed by atoms with E-state index in [0.717, 1.165) is 24.5 Å². The molecular weight excluding hydrogens is 344 g/mol. The molecule has 4 rings (SSSR count). The van der Waals surface area contributed by atoms with Gasteiger partial charge in [-0.25, -0.2) is 9.67 Å². The van der Waals surface area contributed by atoms with E-state index in [1.807, 2.05) is 23.1 Å². The Labute approximate surface area is 157 Å². The second kappa shape index (κ2) is 6.86. The van der Waals surface area contributed by atoms with E-state index in [9.17, 15) is 4.79 Å². The lowest BCUT2D eigenvalue weighted by molar-refractivity contribution is 0.0673. The van der Waals surface area contributed by atoms with Crippen LogP contribution in [-0.2, 0) is 7.05 Å². The Kier molecular flexibility index (Phi) is 4.39. The van der Waals surface area contributed by atoms with Gasteiger partial charge in [-0.1, -0.05) is 17.3 Å². The predicted molar refractivity (Wildman–Crippen MR) is 102 cm³/mol. The molecule has 1 atom stereocenters. The van der Waals surface area contributed by atoms with E-state index in [1.54, 1.807) is 31.1 Å². The number of carbonyl (C=O) groups is 1. The van der Waals surface area contributed by atoms with Crippen molar-refractivity contribution in [2.45, 2.75) is 13.0 Å². The molecule has 0 bridgehead atoms. The van der Waals surface area contributed by atoms with Gasteiger partial charge in [0, 0.05) is 38.9 Å². The number of ether oxygens (including phenoxy) is 1. The number of carbonyl (C=O) groups excluding carboxylic acids is 1. The first-order valence-electron chi connectivity index (χ1n) is 8.93. The molecule has 1 aromatic carbocycles. The van der Waals surface area contributed by atoms with E-state index >= 15 is 0 Å². The molecule has 3 heterocycles. The van der Waals surface area contributed by atoms with Crippen LogP contribution in [0.2, 0.25) is 0 Å². The van der Waals surface area contributed by atoms with E-state index in [4.69, 9.17) is 4.74 Å². The molecule has 0 aliphatic carbocycles. The van der Waals surface area contributed by atoms with Gasteiger partial charge in [0.25, 0.3) is 5.91 Å². The van der Waals surface area contributed by atoms with Crippen molar-refractivity contribution in [3.05, 3.63) is 42.1 Å². The normalized spacial score (nSPS) is 17.4. The summed E-state index contributed by atoms with van der Waals surface area (Å²) in [5.74, 6) is 0.823. The van der Waals surface area contributed by atoms with Crippen LogP contribution >= 0.6 is 0 Å². The van der Waals surface area contributed by atoms with Gasteiger partial charge >= 0.3 is 0 Å². The summed E-state index contributed by atoms with van der Waals surface area (Å²) in [6.45, 7) is 4.19. The molecule has 0 radical (unpaired) electrons. The minimum atomic E-state index is -0.0257. The number of rotatable bonds is 3. The molecule has 0 N–H and O–H groups in total. The molecule has 1 saturated heterocycles. The zero-order valence-corrected chi connectivity index (χ0v) is 15.7. The van der Waals surface area contributed by atoms with Gasteiger partial charge in [0.2, 0.25) is 0 Å². The molecular formula is C19H22N6O2. The summed E-state index contributed by atoms with van der Waals surface area (Å²) in [6, 6.07) is 9.79. The van der Waals surface area contributed by atoms with Gasteiger partial charge in [-0.3, -0.25) is 4.79 Å². The summed E-state index contributed by atoms with van der Waals surface area (Å²) < 4.78 is 7.07. The minimum Gasteiger partial charge on any atom is -0.495 e. The zero-order valence-electron chi connectivity index (χ0n) is 15.7. The molecule has 0 saturated carbocycles. The number of nitrogens with zero attached hydrogens (tertiary/aromatic N) is 6. The Morgan fingerprint density at radius 2 is 2.07 bits per heavy atom. The number of methoxy groups -OCH3 is 1. The Bertz CT molecular complexity index is 985. The van der Waals surface area contributed by atoms with Crippen LogP contribution in [0.25, 0.3) is 11.2 Å². The third-order valence-electron chi connectivity index (χ3n) is 5.00. The van der Waals surface area contributed by atoms with E-state index in [1.165, 1.54) is 0 Å². The third-order valence-corrected chi connectivity index (χ3v) is 5.00. The quantitative estimate of drug-likeness (QED) is 0.703. The number of amides is 1. The van der Waals surface area contributed by atoms with Crippen LogP contribution in [0.4, 0.5) is 5.69 Å². The number of aryl methyl sites for hydroxylation is 1. The fourth-order valence-electron chi connectivity index (χ4n) is 3.58. The molecule has 1 amide bonds. The highest BCUT2D eigenvalue weighted by molar-refractivity contribution is 5.96. The summed E-state index contributed by atoms with van der Waals surface area (Å²) in [6.07, 6.45) is 1.60. The van der Waals surface area contributed by atoms with E-state index in [-0.39, 0.29) is 11.9 Å². The van der Waals surface area contributed by atoms with Crippen LogP contribution in [0, 0.1) is 0 Å². The van der Waals surface area contributed by atoms with E-state index in [0.29, 0.717) is 23.3 Å². The van der Waals surface area contributed by atoms with Crippen molar-refractivity contribution in [1.82, 2.24) is 24.9 Å². The van der Waals surface area contributed by atoms with Crippen molar-refractivity contribution in [2.75, 3.05) is 31.6 Å². The molecule has 8 nitrogen and oxygen atoms in total. The Hall–Kier alpha value is -3.16. The number of fused-ring (bicyclic) bond motifs is 1. The SMILES string of the molecule is COc1ccccc1N1CCN(C(=O)c2cnc3c(c2)nnn3C)[C@@H](C)C1. The van der Waals surface area contributed by atoms with Crippen LogP contribution in [0.3, 0.4) is 0 Å². The summed E-state index contributed by atoms with van der Waals surface area (Å²) in [7, 11) is 3.46. The average molecular weight is 366 g/mol. The molecule has 8 heteroatoms. The lowest BCUT2D eigenvalue weighted by atomic mass is 10.1. The maximum absolute atomic E-state index is 13.0. The van der Waals surface area contributed by atoms with Crippen molar-refractivity contribution < 1.29 is 9.53 Å². The number of benzene rings is 1. The van der Waals surface area contributed by atoms with Gasteiger partial charge in [-0.05, 0) is 25.1 Å². The molecule has 0 spiro atoms. The van der Waals surface area contributed by atoms with Crippen LogP contribution in [0.5, 0.6) is 5.75 Å². The molecule has 27 heavy (non-hydrogen) atoms. The molecule has 1 fully saturated rings. The number of piperazine rings is 1. The van der Waals surface area contributed by atoms with Gasteiger partial charge in [-0.15, -0.1) is 5.10 Å². The van der Waals surface area contributed by atoms with Crippen molar-refractivity contribution >= 4 is 22.8 Å². The average Bonchev–Trinajstić information content (AvgIpc) is 3.07. The molecule has 2 aromatic heterocycles. The van der Waals surface area contributed by atoms with Crippen LogP contribution < -0.4 is 9.64 Å². The first-order valence-corrected chi connectivity index (χ1v) is 8.93. The smallest absolute Gasteiger partial charge is 0.255 e. The van der Waals surface area contributed by atoms with Gasteiger partial charge in [-0.2, -0.15) is 0 Å². The Morgan fingerprint density at radius 1 is 1.26 bits per heavy atom. The first kappa shape index (κ1) is 17.3. The zero-order chi connectivity index (χ0) is 19.0. The molecule has 3 aromatic rings. The highest BCUT2D eigenvalue weighted by atomic mass is 16.5. The summed E-state index contributed by atoms with van der Waals surface area (Å²) in [5.41, 5.74) is 2.89.